The average Bonchev–Trinajstić information content (AvgIpc) is 3.45. The summed E-state index contributed by atoms with van der Waals surface area (Å²) in [5.41, 5.74) is 2.74. The molecule has 1 aromatic heterocycles. The first kappa shape index (κ1) is 18.2. The van der Waals surface area contributed by atoms with Crippen molar-refractivity contribution < 1.29 is 19.0 Å². The molecule has 1 N–H and O–H groups in total. The number of fused-ring (bicyclic) bond motifs is 1. The predicted molar refractivity (Wildman–Crippen MR) is 107 cm³/mol. The topological polar surface area (TPSA) is 63.8 Å². The second-order valence-corrected chi connectivity index (χ2v) is 6.93. The van der Waals surface area contributed by atoms with E-state index in [1.54, 1.807) is 33.5 Å². The smallest absolute Gasteiger partial charge is 0.254 e. The van der Waals surface area contributed by atoms with Gasteiger partial charge in [0.25, 0.3) is 5.91 Å². The molecule has 6 heteroatoms. The molecule has 0 aliphatic heterocycles. The van der Waals surface area contributed by atoms with E-state index in [0.717, 1.165) is 29.3 Å². The molecule has 0 unspecified atom stereocenters. The molecule has 3 aromatic rings. The molecule has 1 fully saturated rings. The van der Waals surface area contributed by atoms with E-state index in [1.807, 2.05) is 23.2 Å². The largest absolute Gasteiger partial charge is 0.493 e. The van der Waals surface area contributed by atoms with Crippen LogP contribution in [-0.2, 0) is 6.54 Å². The van der Waals surface area contributed by atoms with E-state index in [9.17, 15) is 4.79 Å². The van der Waals surface area contributed by atoms with Gasteiger partial charge in [-0.25, -0.2) is 0 Å². The number of carbonyl (C=O) groups is 1. The molecule has 0 bridgehead atoms. The van der Waals surface area contributed by atoms with Gasteiger partial charge in [0.1, 0.15) is 0 Å². The van der Waals surface area contributed by atoms with Crippen LogP contribution >= 0.6 is 0 Å². The Morgan fingerprint density at radius 1 is 1.07 bits per heavy atom. The van der Waals surface area contributed by atoms with Crippen LogP contribution in [0.2, 0.25) is 0 Å². The van der Waals surface area contributed by atoms with E-state index in [-0.39, 0.29) is 11.9 Å². The Kier molecular flexibility index (Phi) is 4.86. The van der Waals surface area contributed by atoms with Gasteiger partial charge in [-0.2, -0.15) is 0 Å². The summed E-state index contributed by atoms with van der Waals surface area (Å²) < 4.78 is 16.2. The highest BCUT2D eigenvalue weighted by atomic mass is 16.5. The minimum atomic E-state index is -0.0331. The van der Waals surface area contributed by atoms with Crippen molar-refractivity contribution in [1.82, 2.24) is 9.88 Å². The summed E-state index contributed by atoms with van der Waals surface area (Å²) in [5.74, 6) is 1.41. The van der Waals surface area contributed by atoms with Crippen molar-refractivity contribution in [3.63, 3.8) is 0 Å². The predicted octanol–water partition coefficient (Wildman–Crippen LogP) is 4.00. The summed E-state index contributed by atoms with van der Waals surface area (Å²) in [5, 5.41) is 1.14. The fraction of sp³-hybridized carbons (Fsp3) is 0.318. The zero-order chi connectivity index (χ0) is 19.7. The first-order valence-corrected chi connectivity index (χ1v) is 9.32. The van der Waals surface area contributed by atoms with Crippen LogP contribution in [0.3, 0.4) is 0 Å². The van der Waals surface area contributed by atoms with Crippen LogP contribution < -0.4 is 14.2 Å². The number of aromatic amines is 1. The third-order valence-electron chi connectivity index (χ3n) is 5.19. The number of hydrogen-bond donors (Lipinski definition) is 1. The van der Waals surface area contributed by atoms with Gasteiger partial charge in [0.15, 0.2) is 11.5 Å². The summed E-state index contributed by atoms with van der Waals surface area (Å²) >= 11 is 0. The van der Waals surface area contributed by atoms with Crippen LogP contribution in [0.1, 0.15) is 28.8 Å². The lowest BCUT2D eigenvalue weighted by Gasteiger charge is -2.24. The monoisotopic (exact) mass is 380 g/mol. The molecule has 28 heavy (non-hydrogen) atoms. The zero-order valence-electron chi connectivity index (χ0n) is 16.3. The number of methoxy groups -OCH3 is 3. The normalized spacial score (nSPS) is 13.4. The number of H-pyrrole nitrogens is 1. The first-order chi connectivity index (χ1) is 13.7. The van der Waals surface area contributed by atoms with Crippen molar-refractivity contribution in [2.75, 3.05) is 21.3 Å². The van der Waals surface area contributed by atoms with E-state index < -0.39 is 0 Å². The van der Waals surface area contributed by atoms with Gasteiger partial charge in [0, 0.05) is 35.2 Å². The minimum Gasteiger partial charge on any atom is -0.493 e. The summed E-state index contributed by atoms with van der Waals surface area (Å²) in [6, 6.07) is 11.9. The second kappa shape index (κ2) is 7.46. The molecule has 1 aliphatic rings. The van der Waals surface area contributed by atoms with Crippen LogP contribution in [-0.4, -0.2) is 43.2 Å². The highest BCUT2D eigenvalue weighted by Gasteiger charge is 2.34. The van der Waals surface area contributed by atoms with E-state index in [1.165, 1.54) is 0 Å². The molecule has 1 saturated carbocycles. The molecule has 1 aliphatic carbocycles. The molecule has 0 saturated heterocycles. The molecule has 6 nitrogen and oxygen atoms in total. The van der Waals surface area contributed by atoms with Crippen molar-refractivity contribution in [2.45, 2.75) is 25.4 Å². The average molecular weight is 380 g/mol. The molecule has 0 atom stereocenters. The highest BCUT2D eigenvalue weighted by Crippen LogP contribution is 2.39. The molecule has 0 radical (unpaired) electrons. The number of aromatic nitrogens is 1. The molecule has 1 amide bonds. The van der Waals surface area contributed by atoms with Crippen molar-refractivity contribution in [3.05, 3.63) is 53.7 Å². The molecular weight excluding hydrogens is 356 g/mol. The maximum absolute atomic E-state index is 13.4. The number of ether oxygens (including phenoxy) is 3. The lowest BCUT2D eigenvalue weighted by molar-refractivity contribution is 0.0729. The number of benzene rings is 2. The number of nitrogens with one attached hydrogen (secondary N) is 1. The van der Waals surface area contributed by atoms with Crippen molar-refractivity contribution in [1.29, 1.82) is 0 Å². The Hall–Kier alpha value is -3.15. The Labute approximate surface area is 164 Å². The van der Waals surface area contributed by atoms with E-state index in [0.29, 0.717) is 29.4 Å². The quantitative estimate of drug-likeness (QED) is 0.673. The molecule has 4 rings (SSSR count). The Morgan fingerprint density at radius 3 is 2.39 bits per heavy atom. The van der Waals surface area contributed by atoms with Crippen LogP contribution in [0.25, 0.3) is 10.9 Å². The maximum Gasteiger partial charge on any atom is 0.254 e. The van der Waals surface area contributed by atoms with E-state index >= 15 is 0 Å². The number of hydrogen-bond acceptors (Lipinski definition) is 4. The van der Waals surface area contributed by atoms with Gasteiger partial charge in [-0.15, -0.1) is 0 Å². The van der Waals surface area contributed by atoms with E-state index in [4.69, 9.17) is 14.2 Å². The molecule has 1 heterocycles. The van der Waals surface area contributed by atoms with Crippen molar-refractivity contribution in [2.24, 2.45) is 0 Å². The molecule has 146 valence electrons. The minimum absolute atomic E-state index is 0.0331. The lowest BCUT2D eigenvalue weighted by Crippen LogP contribution is -2.32. The summed E-state index contributed by atoms with van der Waals surface area (Å²) in [6.07, 6.45) is 3.98. The van der Waals surface area contributed by atoms with Gasteiger partial charge in [-0.1, -0.05) is 12.1 Å². The summed E-state index contributed by atoms with van der Waals surface area (Å²) in [7, 11) is 4.66. The molecule has 0 spiro atoms. The fourth-order valence-corrected chi connectivity index (χ4v) is 3.60. The van der Waals surface area contributed by atoms with Crippen LogP contribution in [0, 0.1) is 0 Å². The molecular formula is C22H24N2O4. The number of carbonyl (C=O) groups excluding carboxylic acids is 1. The first-order valence-electron chi connectivity index (χ1n) is 9.32. The van der Waals surface area contributed by atoms with Gasteiger partial charge in [0.2, 0.25) is 5.75 Å². The van der Waals surface area contributed by atoms with Crippen molar-refractivity contribution >= 4 is 16.8 Å². The fourth-order valence-electron chi connectivity index (χ4n) is 3.60. The second-order valence-electron chi connectivity index (χ2n) is 6.93. The molecule has 2 aromatic carbocycles. The Morgan fingerprint density at radius 2 is 1.79 bits per heavy atom. The standard InChI is InChI=1S/C22H24N2O4/c1-26-19-11-15(12-20(27-2)21(19)28-3)22(25)24(16-7-8-16)13-14-5-4-6-18-17(14)9-10-23-18/h4-6,9-12,16,23H,7-8,13H2,1-3H3. The third kappa shape index (κ3) is 3.26. The van der Waals surface area contributed by atoms with E-state index in [2.05, 4.69) is 17.1 Å². The van der Waals surface area contributed by atoms with Gasteiger partial charge in [-0.3, -0.25) is 4.79 Å². The van der Waals surface area contributed by atoms with Gasteiger partial charge < -0.3 is 24.1 Å². The highest BCUT2D eigenvalue weighted by molar-refractivity contribution is 5.96. The Bertz CT molecular complexity index is 982. The maximum atomic E-state index is 13.4. The van der Waals surface area contributed by atoms with Gasteiger partial charge >= 0.3 is 0 Å². The zero-order valence-corrected chi connectivity index (χ0v) is 16.3. The van der Waals surface area contributed by atoms with Crippen LogP contribution in [0.4, 0.5) is 0 Å². The SMILES string of the molecule is COc1cc(C(=O)N(Cc2cccc3[nH]ccc23)C2CC2)cc(OC)c1OC. The summed E-state index contributed by atoms with van der Waals surface area (Å²) in [6.45, 7) is 0.565. The summed E-state index contributed by atoms with van der Waals surface area (Å²) in [4.78, 5) is 18.6. The van der Waals surface area contributed by atoms with Gasteiger partial charge in [0.05, 0.1) is 21.3 Å². The number of rotatable bonds is 7. The Balaban J connectivity index is 1.69. The van der Waals surface area contributed by atoms with Crippen LogP contribution in [0.5, 0.6) is 17.2 Å². The van der Waals surface area contributed by atoms with Crippen LogP contribution in [0.15, 0.2) is 42.6 Å². The lowest BCUT2D eigenvalue weighted by atomic mass is 10.1. The van der Waals surface area contributed by atoms with Crippen molar-refractivity contribution in [3.8, 4) is 17.2 Å². The number of nitrogens with zero attached hydrogens (tertiary/aromatic N) is 1. The third-order valence-corrected chi connectivity index (χ3v) is 5.19. The number of amides is 1. The van der Waals surface area contributed by atoms with Gasteiger partial charge in [-0.05, 0) is 42.7 Å².